The Hall–Kier alpha value is -3.70. The summed E-state index contributed by atoms with van der Waals surface area (Å²) in [6, 6.07) is 11.0. The average Bonchev–Trinajstić information content (AvgIpc) is 2.97. The zero-order valence-electron chi connectivity index (χ0n) is 24.0. The quantitative estimate of drug-likeness (QED) is 0.165. The third-order valence-electron chi connectivity index (χ3n) is 7.54. The fraction of sp³-hybridized carbons (Fsp3) is 0.517. The Labute approximate surface area is 236 Å². The van der Waals surface area contributed by atoms with E-state index in [0.29, 0.717) is 24.0 Å². The van der Waals surface area contributed by atoms with Crippen LogP contribution in [0.3, 0.4) is 0 Å². The molecule has 216 valence electrons. The highest BCUT2D eigenvalue weighted by atomic mass is 16.6. The van der Waals surface area contributed by atoms with Crippen molar-refractivity contribution in [1.82, 2.24) is 19.8 Å². The molecule has 0 bridgehead atoms. The van der Waals surface area contributed by atoms with E-state index in [-0.39, 0.29) is 16.7 Å². The normalized spacial score (nSPS) is 14.4. The Balaban J connectivity index is 1.47. The lowest BCUT2D eigenvalue weighted by Crippen LogP contribution is -2.39. The second-order valence-electron chi connectivity index (χ2n) is 10.0. The lowest BCUT2D eigenvalue weighted by atomic mass is 10.0. The molecule has 0 spiro atoms. The van der Waals surface area contributed by atoms with Crippen LogP contribution in [0.5, 0.6) is 11.5 Å². The summed E-state index contributed by atoms with van der Waals surface area (Å²) < 4.78 is 11.1. The standard InChI is InChI=1S/C29H41N7O4/c1-5-34(6-2)15-9-14-30-29-32-24-19-27(40-4)26(39-3)18-23(24)28(33-29)31-22-12-16-35(17-13-22)20-21-10-7-8-11-25(21)36(37)38/h7-8,10-11,18-19,22H,5-6,9,12-17,20H2,1-4H3,(H2,30,31,32,33). The maximum Gasteiger partial charge on any atom is 0.273 e. The molecule has 2 heterocycles. The van der Waals surface area contributed by atoms with Gasteiger partial charge in [-0.25, -0.2) is 4.98 Å². The molecule has 0 saturated carbocycles. The number of ether oxygens (including phenoxy) is 2. The number of benzene rings is 2. The molecule has 40 heavy (non-hydrogen) atoms. The molecule has 0 atom stereocenters. The summed E-state index contributed by atoms with van der Waals surface area (Å²) in [4.78, 5) is 25.4. The molecule has 11 heteroatoms. The summed E-state index contributed by atoms with van der Waals surface area (Å²) in [5.41, 5.74) is 1.70. The molecule has 2 aromatic carbocycles. The van der Waals surface area contributed by atoms with E-state index in [0.717, 1.165) is 80.8 Å². The number of fused-ring (bicyclic) bond motifs is 1. The van der Waals surface area contributed by atoms with Gasteiger partial charge >= 0.3 is 0 Å². The van der Waals surface area contributed by atoms with Crippen LogP contribution in [0.2, 0.25) is 0 Å². The van der Waals surface area contributed by atoms with Crippen molar-refractivity contribution in [3.63, 3.8) is 0 Å². The number of rotatable bonds is 14. The predicted octanol–water partition coefficient (Wildman–Crippen LogP) is 4.78. The maximum atomic E-state index is 11.4. The first kappa shape index (κ1) is 29.3. The number of nitro benzene ring substituents is 1. The lowest BCUT2D eigenvalue weighted by Gasteiger charge is -2.32. The van der Waals surface area contributed by atoms with Gasteiger partial charge in [0.15, 0.2) is 11.5 Å². The highest BCUT2D eigenvalue weighted by Crippen LogP contribution is 2.35. The number of anilines is 2. The predicted molar refractivity (Wildman–Crippen MR) is 159 cm³/mol. The second-order valence-corrected chi connectivity index (χ2v) is 10.0. The van der Waals surface area contributed by atoms with Crippen molar-refractivity contribution in [3.8, 4) is 11.5 Å². The van der Waals surface area contributed by atoms with Gasteiger partial charge in [0.05, 0.1) is 24.7 Å². The monoisotopic (exact) mass is 551 g/mol. The van der Waals surface area contributed by atoms with E-state index >= 15 is 0 Å². The number of para-hydroxylation sites is 1. The molecule has 1 aliphatic heterocycles. The minimum Gasteiger partial charge on any atom is -0.493 e. The smallest absolute Gasteiger partial charge is 0.273 e. The van der Waals surface area contributed by atoms with Gasteiger partial charge in [-0.1, -0.05) is 32.0 Å². The van der Waals surface area contributed by atoms with E-state index < -0.39 is 0 Å². The van der Waals surface area contributed by atoms with E-state index in [9.17, 15) is 10.1 Å². The molecule has 1 fully saturated rings. The number of piperidine rings is 1. The van der Waals surface area contributed by atoms with Crippen LogP contribution in [0.15, 0.2) is 36.4 Å². The number of hydrogen-bond acceptors (Lipinski definition) is 10. The van der Waals surface area contributed by atoms with Gasteiger partial charge in [0.2, 0.25) is 5.95 Å². The molecular weight excluding hydrogens is 510 g/mol. The van der Waals surface area contributed by atoms with Gasteiger partial charge in [0.1, 0.15) is 5.82 Å². The van der Waals surface area contributed by atoms with Crippen molar-refractivity contribution < 1.29 is 14.4 Å². The molecule has 2 N–H and O–H groups in total. The molecule has 0 radical (unpaired) electrons. The summed E-state index contributed by atoms with van der Waals surface area (Å²) in [6.07, 6.45) is 2.79. The van der Waals surface area contributed by atoms with Crippen LogP contribution in [-0.4, -0.2) is 84.2 Å². The van der Waals surface area contributed by atoms with E-state index in [1.54, 1.807) is 26.4 Å². The molecule has 1 saturated heterocycles. The van der Waals surface area contributed by atoms with Crippen LogP contribution < -0.4 is 20.1 Å². The average molecular weight is 552 g/mol. The molecule has 4 rings (SSSR count). The van der Waals surface area contributed by atoms with E-state index in [4.69, 9.17) is 19.4 Å². The molecular formula is C29H41N7O4. The largest absolute Gasteiger partial charge is 0.493 e. The van der Waals surface area contributed by atoms with Crippen LogP contribution >= 0.6 is 0 Å². The van der Waals surface area contributed by atoms with E-state index in [1.807, 2.05) is 24.3 Å². The molecule has 1 aromatic heterocycles. The first-order valence-corrected chi connectivity index (χ1v) is 14.1. The topological polar surface area (TPSA) is 118 Å². The van der Waals surface area contributed by atoms with Gasteiger partial charge in [-0.05, 0) is 45.0 Å². The Morgan fingerprint density at radius 2 is 1.77 bits per heavy atom. The molecule has 1 aliphatic rings. The van der Waals surface area contributed by atoms with Crippen molar-refractivity contribution >= 4 is 28.4 Å². The van der Waals surface area contributed by atoms with Crippen molar-refractivity contribution in [2.75, 3.05) is 64.1 Å². The van der Waals surface area contributed by atoms with Crippen LogP contribution in [0, 0.1) is 10.1 Å². The number of hydrogen-bond donors (Lipinski definition) is 2. The number of nitrogens with zero attached hydrogens (tertiary/aromatic N) is 5. The van der Waals surface area contributed by atoms with Crippen LogP contribution in [0.25, 0.3) is 10.9 Å². The van der Waals surface area contributed by atoms with Crippen LogP contribution in [-0.2, 0) is 6.54 Å². The SMILES string of the molecule is CCN(CC)CCCNc1nc(NC2CCN(Cc3ccccc3[N+](=O)[O-])CC2)c2cc(OC)c(OC)cc2n1. The van der Waals surface area contributed by atoms with Crippen molar-refractivity contribution in [2.45, 2.75) is 45.7 Å². The summed E-state index contributed by atoms with van der Waals surface area (Å²) in [7, 11) is 3.24. The number of nitrogens with one attached hydrogen (secondary N) is 2. The molecule has 0 amide bonds. The van der Waals surface area contributed by atoms with Crippen molar-refractivity contribution in [1.29, 1.82) is 0 Å². The van der Waals surface area contributed by atoms with Crippen LogP contribution in [0.4, 0.5) is 17.5 Å². The molecule has 11 nitrogen and oxygen atoms in total. The number of nitro groups is 1. The Kier molecular flexibility index (Phi) is 10.3. The second kappa shape index (κ2) is 14.1. The van der Waals surface area contributed by atoms with Gasteiger partial charge in [-0.3, -0.25) is 15.0 Å². The van der Waals surface area contributed by atoms with Gasteiger partial charge in [-0.2, -0.15) is 4.98 Å². The Morgan fingerprint density at radius 3 is 2.45 bits per heavy atom. The van der Waals surface area contributed by atoms with E-state index in [1.165, 1.54) is 0 Å². The minimum absolute atomic E-state index is 0.178. The molecule has 3 aromatic rings. The zero-order valence-corrected chi connectivity index (χ0v) is 24.0. The fourth-order valence-corrected chi connectivity index (χ4v) is 5.18. The fourth-order valence-electron chi connectivity index (χ4n) is 5.18. The summed E-state index contributed by atoms with van der Waals surface area (Å²) in [5.74, 6) is 2.58. The summed E-state index contributed by atoms with van der Waals surface area (Å²) in [5, 5.41) is 19.4. The highest BCUT2D eigenvalue weighted by Gasteiger charge is 2.23. The molecule has 0 aliphatic carbocycles. The van der Waals surface area contributed by atoms with Gasteiger partial charge in [0, 0.05) is 55.3 Å². The van der Waals surface area contributed by atoms with Gasteiger partial charge in [0.25, 0.3) is 5.69 Å². The van der Waals surface area contributed by atoms with Gasteiger partial charge < -0.3 is 25.0 Å². The summed E-state index contributed by atoms with van der Waals surface area (Å²) in [6.45, 7) is 10.5. The Morgan fingerprint density at radius 1 is 1.07 bits per heavy atom. The van der Waals surface area contributed by atoms with Crippen molar-refractivity contribution in [3.05, 3.63) is 52.1 Å². The zero-order chi connectivity index (χ0) is 28.5. The number of likely N-dealkylation sites (tertiary alicyclic amines) is 1. The van der Waals surface area contributed by atoms with Gasteiger partial charge in [-0.15, -0.1) is 0 Å². The molecule has 0 unspecified atom stereocenters. The van der Waals surface area contributed by atoms with Crippen LogP contribution in [0.1, 0.15) is 38.7 Å². The third-order valence-corrected chi connectivity index (χ3v) is 7.54. The maximum absolute atomic E-state index is 11.4. The lowest BCUT2D eigenvalue weighted by molar-refractivity contribution is -0.385. The van der Waals surface area contributed by atoms with E-state index in [2.05, 4.69) is 34.3 Å². The minimum atomic E-state index is -0.303. The Bertz CT molecular complexity index is 1280. The first-order chi connectivity index (χ1) is 19.4. The highest BCUT2D eigenvalue weighted by molar-refractivity contribution is 5.92. The number of methoxy groups -OCH3 is 2. The first-order valence-electron chi connectivity index (χ1n) is 14.1. The summed E-state index contributed by atoms with van der Waals surface area (Å²) >= 11 is 0. The number of aromatic nitrogens is 2. The third kappa shape index (κ3) is 7.28. The van der Waals surface area contributed by atoms with Crippen molar-refractivity contribution in [2.24, 2.45) is 0 Å².